The van der Waals surface area contributed by atoms with Crippen LogP contribution in [0.2, 0.25) is 0 Å². The third kappa shape index (κ3) is 3.27. The standard InChI is InChI=1S/C9H6FIO2S/c1-14(12,13)6-5-7-3-2-4-8(10)9(7)11/h2-4H,1H3. The first-order valence-electron chi connectivity index (χ1n) is 3.57. The van der Waals surface area contributed by atoms with Gasteiger partial charge in [-0.3, -0.25) is 0 Å². The molecule has 0 N–H and O–H groups in total. The fourth-order valence-corrected chi connectivity index (χ4v) is 1.54. The Labute approximate surface area is 95.6 Å². The van der Waals surface area contributed by atoms with Gasteiger partial charge in [-0.25, -0.2) is 12.8 Å². The van der Waals surface area contributed by atoms with E-state index < -0.39 is 15.7 Å². The minimum Gasteiger partial charge on any atom is -0.216 e. The average Bonchev–Trinajstić information content (AvgIpc) is 2.06. The lowest BCUT2D eigenvalue weighted by Crippen LogP contribution is -1.91. The Morgan fingerprint density at radius 3 is 2.64 bits per heavy atom. The van der Waals surface area contributed by atoms with Crippen molar-refractivity contribution in [2.45, 2.75) is 0 Å². The molecule has 14 heavy (non-hydrogen) atoms. The van der Waals surface area contributed by atoms with Crippen molar-refractivity contribution in [2.75, 3.05) is 6.26 Å². The van der Waals surface area contributed by atoms with Crippen LogP contribution in [0.3, 0.4) is 0 Å². The molecule has 1 aromatic carbocycles. The molecule has 0 aliphatic carbocycles. The molecule has 0 heterocycles. The number of hydrogen-bond acceptors (Lipinski definition) is 2. The fourth-order valence-electron chi connectivity index (χ4n) is 0.748. The average molecular weight is 324 g/mol. The Balaban J connectivity index is 3.21. The van der Waals surface area contributed by atoms with Gasteiger partial charge in [0.2, 0.25) is 9.84 Å². The molecule has 0 unspecified atom stereocenters. The predicted molar refractivity (Wildman–Crippen MR) is 60.8 cm³/mol. The SMILES string of the molecule is CS(=O)(=O)C#Cc1cccc(F)c1I. The molecule has 0 bridgehead atoms. The second kappa shape index (κ2) is 4.28. The molecule has 0 saturated carbocycles. The smallest absolute Gasteiger partial charge is 0.214 e. The van der Waals surface area contributed by atoms with Crippen LogP contribution in [-0.2, 0) is 9.84 Å². The quantitative estimate of drug-likeness (QED) is 0.539. The van der Waals surface area contributed by atoms with Crippen molar-refractivity contribution in [1.29, 1.82) is 0 Å². The van der Waals surface area contributed by atoms with E-state index in [9.17, 15) is 12.8 Å². The lowest BCUT2D eigenvalue weighted by Gasteiger charge is -1.95. The van der Waals surface area contributed by atoms with Crippen LogP contribution in [0.15, 0.2) is 18.2 Å². The van der Waals surface area contributed by atoms with Crippen molar-refractivity contribution in [1.82, 2.24) is 0 Å². The van der Waals surface area contributed by atoms with Crippen molar-refractivity contribution in [3.63, 3.8) is 0 Å². The molecule has 0 radical (unpaired) electrons. The van der Waals surface area contributed by atoms with E-state index in [1.165, 1.54) is 12.1 Å². The maximum Gasteiger partial charge on any atom is 0.214 e. The Kier molecular flexibility index (Phi) is 3.50. The lowest BCUT2D eigenvalue weighted by molar-refractivity contribution is 0.611. The van der Waals surface area contributed by atoms with Crippen molar-refractivity contribution in [2.24, 2.45) is 0 Å². The maximum atomic E-state index is 13.0. The normalized spacial score (nSPS) is 10.5. The van der Waals surface area contributed by atoms with Crippen LogP contribution >= 0.6 is 22.6 Å². The van der Waals surface area contributed by atoms with Crippen molar-refractivity contribution in [3.05, 3.63) is 33.1 Å². The molecule has 1 rings (SSSR count). The van der Waals surface area contributed by atoms with Crippen LogP contribution < -0.4 is 0 Å². The molecule has 5 heteroatoms. The first-order valence-corrected chi connectivity index (χ1v) is 6.54. The number of hydrogen-bond donors (Lipinski definition) is 0. The molecule has 0 aromatic heterocycles. The second-order valence-corrected chi connectivity index (χ2v) is 5.43. The summed E-state index contributed by atoms with van der Waals surface area (Å²) in [6.07, 6.45) is 1.01. The summed E-state index contributed by atoms with van der Waals surface area (Å²) in [5.74, 6) is 2.01. The Bertz CT molecular complexity index is 511. The topological polar surface area (TPSA) is 34.1 Å². The molecule has 0 atom stereocenters. The van der Waals surface area contributed by atoms with Gasteiger partial charge in [0.05, 0.1) is 9.83 Å². The van der Waals surface area contributed by atoms with Crippen LogP contribution in [0.4, 0.5) is 4.39 Å². The Morgan fingerprint density at radius 1 is 1.43 bits per heavy atom. The van der Waals surface area contributed by atoms with E-state index in [1.54, 1.807) is 28.7 Å². The van der Waals surface area contributed by atoms with Gasteiger partial charge in [0.15, 0.2) is 0 Å². The Hall–Kier alpha value is -0.610. The largest absolute Gasteiger partial charge is 0.216 e. The van der Waals surface area contributed by atoms with Gasteiger partial charge in [0.1, 0.15) is 5.82 Å². The summed E-state index contributed by atoms with van der Waals surface area (Å²) in [6, 6.07) is 4.36. The van der Waals surface area contributed by atoms with E-state index in [0.717, 1.165) is 6.26 Å². The van der Waals surface area contributed by atoms with Crippen LogP contribution in [0.5, 0.6) is 0 Å². The summed E-state index contributed by atoms with van der Waals surface area (Å²) in [5, 5.41) is 2.06. The van der Waals surface area contributed by atoms with E-state index in [-0.39, 0.29) is 0 Å². The van der Waals surface area contributed by atoms with Gasteiger partial charge in [-0.15, -0.1) is 0 Å². The highest BCUT2D eigenvalue weighted by molar-refractivity contribution is 14.1. The minimum absolute atomic E-state index is 0.334. The van der Waals surface area contributed by atoms with Crippen molar-refractivity contribution in [3.8, 4) is 11.2 Å². The van der Waals surface area contributed by atoms with E-state index in [0.29, 0.717) is 9.13 Å². The summed E-state index contributed by atoms with van der Waals surface area (Å²) >= 11 is 1.78. The van der Waals surface area contributed by atoms with Gasteiger partial charge < -0.3 is 0 Å². The fraction of sp³-hybridized carbons (Fsp3) is 0.111. The molecule has 2 nitrogen and oxygen atoms in total. The summed E-state index contributed by atoms with van der Waals surface area (Å²) in [5.41, 5.74) is 0.385. The zero-order valence-electron chi connectivity index (χ0n) is 7.21. The third-order valence-corrected chi connectivity index (χ3v) is 2.89. The predicted octanol–water partition coefficient (Wildman–Crippen LogP) is 1.78. The minimum atomic E-state index is -3.34. The van der Waals surface area contributed by atoms with Crippen molar-refractivity contribution >= 4 is 32.4 Å². The zero-order valence-corrected chi connectivity index (χ0v) is 10.2. The van der Waals surface area contributed by atoms with Gasteiger partial charge in [0, 0.05) is 10.8 Å². The third-order valence-electron chi connectivity index (χ3n) is 1.32. The molecule has 74 valence electrons. The first-order chi connectivity index (χ1) is 6.40. The molecule has 1 aromatic rings. The summed E-state index contributed by atoms with van der Waals surface area (Å²) in [7, 11) is -3.34. The summed E-state index contributed by atoms with van der Waals surface area (Å²) in [6.45, 7) is 0. The van der Waals surface area contributed by atoms with Gasteiger partial charge in [0.25, 0.3) is 0 Å². The maximum absolute atomic E-state index is 13.0. The molecule has 0 fully saturated rings. The molecule has 0 spiro atoms. The highest BCUT2D eigenvalue weighted by atomic mass is 127. The van der Waals surface area contributed by atoms with Gasteiger partial charge >= 0.3 is 0 Å². The van der Waals surface area contributed by atoms with Crippen LogP contribution in [0.25, 0.3) is 0 Å². The monoisotopic (exact) mass is 324 g/mol. The highest BCUT2D eigenvalue weighted by Gasteiger charge is 2.02. The van der Waals surface area contributed by atoms with E-state index in [2.05, 4.69) is 11.2 Å². The van der Waals surface area contributed by atoms with E-state index >= 15 is 0 Å². The van der Waals surface area contributed by atoms with Crippen LogP contribution in [0, 0.1) is 20.6 Å². The molecule has 0 amide bonds. The number of halogens is 2. The molecule has 0 saturated heterocycles. The molecule has 0 aliphatic heterocycles. The lowest BCUT2D eigenvalue weighted by atomic mass is 10.2. The number of sulfone groups is 1. The summed E-state index contributed by atoms with van der Waals surface area (Å²) in [4.78, 5) is 0. The van der Waals surface area contributed by atoms with Crippen LogP contribution in [0.1, 0.15) is 5.56 Å². The first kappa shape index (κ1) is 11.5. The van der Waals surface area contributed by atoms with E-state index in [4.69, 9.17) is 0 Å². The summed E-state index contributed by atoms with van der Waals surface area (Å²) < 4.78 is 34.8. The van der Waals surface area contributed by atoms with Crippen LogP contribution in [-0.4, -0.2) is 14.7 Å². The molecular formula is C9H6FIO2S. The molecule has 0 aliphatic rings. The number of benzene rings is 1. The number of rotatable bonds is 0. The van der Waals surface area contributed by atoms with Gasteiger partial charge in [-0.2, -0.15) is 0 Å². The molecular weight excluding hydrogens is 318 g/mol. The van der Waals surface area contributed by atoms with Gasteiger partial charge in [-0.05, 0) is 40.6 Å². The van der Waals surface area contributed by atoms with Gasteiger partial charge in [-0.1, -0.05) is 6.07 Å². The van der Waals surface area contributed by atoms with Crippen molar-refractivity contribution < 1.29 is 12.8 Å². The van der Waals surface area contributed by atoms with E-state index in [1.807, 2.05) is 0 Å². The second-order valence-electron chi connectivity index (χ2n) is 2.60. The Morgan fingerprint density at radius 2 is 2.07 bits per heavy atom. The highest BCUT2D eigenvalue weighted by Crippen LogP contribution is 2.14. The zero-order chi connectivity index (χ0) is 10.8.